The zero-order valence-electron chi connectivity index (χ0n) is 23.8. The molecule has 2 N–H and O–H groups in total. The number of carbonyl (C=O) groups excluding carboxylic acids is 3. The minimum atomic E-state index is -1.02. The number of aryl methyl sites for hydroxylation is 2. The number of carbonyl (C=O) groups is 3. The van der Waals surface area contributed by atoms with Crippen molar-refractivity contribution in [1.82, 2.24) is 10.2 Å². The first-order valence-electron chi connectivity index (χ1n) is 13.0. The Morgan fingerprint density at radius 2 is 1.63 bits per heavy atom. The van der Waals surface area contributed by atoms with Gasteiger partial charge in [0.05, 0.1) is 0 Å². The van der Waals surface area contributed by atoms with Crippen LogP contribution in [0.4, 0.5) is 10.5 Å². The lowest BCUT2D eigenvalue weighted by atomic mass is 9.96. The van der Waals surface area contributed by atoms with Crippen molar-refractivity contribution in [3.63, 3.8) is 0 Å². The lowest BCUT2D eigenvalue weighted by Gasteiger charge is -2.34. The van der Waals surface area contributed by atoms with Gasteiger partial charge >= 0.3 is 6.09 Å². The fourth-order valence-corrected chi connectivity index (χ4v) is 4.33. The van der Waals surface area contributed by atoms with Crippen LogP contribution in [0, 0.1) is 32.1 Å². The van der Waals surface area contributed by atoms with Gasteiger partial charge in [0.1, 0.15) is 17.7 Å². The Hall–Kier alpha value is -3.79. The first-order chi connectivity index (χ1) is 17.8. The van der Waals surface area contributed by atoms with Gasteiger partial charge in [-0.2, -0.15) is 0 Å². The van der Waals surface area contributed by atoms with E-state index >= 15 is 0 Å². The van der Waals surface area contributed by atoms with Gasteiger partial charge in [-0.25, -0.2) is 4.79 Å². The van der Waals surface area contributed by atoms with E-state index in [1.54, 1.807) is 52.0 Å². The lowest BCUT2D eigenvalue weighted by Crippen LogP contribution is -2.52. The Morgan fingerprint density at radius 3 is 2.16 bits per heavy atom. The van der Waals surface area contributed by atoms with Crippen LogP contribution in [0.25, 0.3) is 0 Å². The second-order valence-corrected chi connectivity index (χ2v) is 10.8. The molecular formula is C31H41N3O4. The minimum Gasteiger partial charge on any atom is -0.444 e. The number of likely N-dealkylation sites (N-methyl/N-ethyl adjacent to an activating group) is 1. The summed E-state index contributed by atoms with van der Waals surface area (Å²) in [5.74, 6) is 1.97. The molecule has 38 heavy (non-hydrogen) atoms. The quantitative estimate of drug-likeness (QED) is 0.413. The van der Waals surface area contributed by atoms with Crippen molar-refractivity contribution in [2.45, 2.75) is 79.5 Å². The summed E-state index contributed by atoms with van der Waals surface area (Å²) in [5.41, 5.74) is 2.83. The third-order valence-electron chi connectivity index (χ3n) is 6.02. The van der Waals surface area contributed by atoms with E-state index in [0.717, 1.165) is 11.1 Å². The molecule has 0 fully saturated rings. The normalized spacial score (nSPS) is 12.7. The molecule has 0 saturated carbocycles. The molecule has 0 aliphatic carbocycles. The van der Waals surface area contributed by atoms with E-state index in [4.69, 9.17) is 11.2 Å². The largest absolute Gasteiger partial charge is 0.444 e. The Kier molecular flexibility index (Phi) is 10.5. The SMILES string of the molecule is C#Cc1ccccc1C(C(=O)Nc1c(C)cccc1C)N(CC)C(=O)C(CC(C)C)NC(=O)OC(C)(C)C. The Bertz CT molecular complexity index is 1170. The van der Waals surface area contributed by atoms with Crippen LogP contribution < -0.4 is 10.6 Å². The molecule has 0 spiro atoms. The number of para-hydroxylation sites is 1. The molecule has 7 nitrogen and oxygen atoms in total. The van der Waals surface area contributed by atoms with Crippen molar-refractivity contribution >= 4 is 23.6 Å². The maximum atomic E-state index is 14.0. The van der Waals surface area contributed by atoms with Crippen LogP contribution in [0.1, 0.15) is 76.3 Å². The molecular weight excluding hydrogens is 478 g/mol. The summed E-state index contributed by atoms with van der Waals surface area (Å²) in [6.45, 7) is 15.1. The third-order valence-corrected chi connectivity index (χ3v) is 6.02. The number of hydrogen-bond donors (Lipinski definition) is 2. The van der Waals surface area contributed by atoms with Crippen molar-refractivity contribution < 1.29 is 19.1 Å². The molecule has 0 aliphatic heterocycles. The fourth-order valence-electron chi connectivity index (χ4n) is 4.33. The monoisotopic (exact) mass is 519 g/mol. The Labute approximate surface area is 227 Å². The molecule has 2 atom stereocenters. The fraction of sp³-hybridized carbons (Fsp3) is 0.452. The van der Waals surface area contributed by atoms with E-state index in [0.29, 0.717) is 23.2 Å². The molecule has 2 aromatic carbocycles. The highest BCUT2D eigenvalue weighted by Crippen LogP contribution is 2.29. The summed E-state index contributed by atoms with van der Waals surface area (Å²) in [6.07, 6.45) is 5.48. The van der Waals surface area contributed by atoms with Crippen molar-refractivity contribution in [2.24, 2.45) is 5.92 Å². The number of ether oxygens (including phenoxy) is 1. The van der Waals surface area contributed by atoms with Crippen LogP contribution >= 0.6 is 0 Å². The molecule has 0 radical (unpaired) electrons. The van der Waals surface area contributed by atoms with Gasteiger partial charge in [0.15, 0.2) is 0 Å². The summed E-state index contributed by atoms with van der Waals surface area (Å²) >= 11 is 0. The number of rotatable bonds is 9. The van der Waals surface area contributed by atoms with Gasteiger partial charge in [-0.15, -0.1) is 6.42 Å². The van der Waals surface area contributed by atoms with Gasteiger partial charge < -0.3 is 20.3 Å². The molecule has 0 aromatic heterocycles. The van der Waals surface area contributed by atoms with Crippen molar-refractivity contribution in [2.75, 3.05) is 11.9 Å². The average molecular weight is 520 g/mol. The first-order valence-corrected chi connectivity index (χ1v) is 13.0. The summed E-state index contributed by atoms with van der Waals surface area (Å²) in [6, 6.07) is 10.9. The number of terminal acetylenes is 1. The smallest absolute Gasteiger partial charge is 0.408 e. The van der Waals surface area contributed by atoms with E-state index in [1.807, 2.05) is 45.9 Å². The predicted molar refractivity (Wildman–Crippen MR) is 152 cm³/mol. The number of alkyl carbamates (subject to hydrolysis) is 1. The first kappa shape index (κ1) is 30.4. The highest BCUT2D eigenvalue weighted by molar-refractivity contribution is 6.00. The second kappa shape index (κ2) is 13.1. The number of anilines is 1. The number of benzene rings is 2. The maximum absolute atomic E-state index is 14.0. The Morgan fingerprint density at radius 1 is 1.03 bits per heavy atom. The highest BCUT2D eigenvalue weighted by atomic mass is 16.6. The molecule has 3 amide bonds. The zero-order valence-corrected chi connectivity index (χ0v) is 23.8. The van der Waals surface area contributed by atoms with Gasteiger partial charge in [0, 0.05) is 17.8 Å². The van der Waals surface area contributed by atoms with E-state index in [-0.39, 0.29) is 24.3 Å². The average Bonchev–Trinajstić information content (AvgIpc) is 2.82. The van der Waals surface area contributed by atoms with Gasteiger partial charge in [-0.3, -0.25) is 9.59 Å². The third kappa shape index (κ3) is 8.11. The molecule has 0 bridgehead atoms. The minimum absolute atomic E-state index is 0.0949. The van der Waals surface area contributed by atoms with Gasteiger partial charge in [-0.1, -0.05) is 56.2 Å². The summed E-state index contributed by atoms with van der Waals surface area (Å²) in [5, 5.41) is 5.77. The molecule has 2 aromatic rings. The van der Waals surface area contributed by atoms with E-state index in [9.17, 15) is 14.4 Å². The number of hydrogen-bond acceptors (Lipinski definition) is 4. The van der Waals surface area contributed by atoms with Crippen molar-refractivity contribution in [1.29, 1.82) is 0 Å². The van der Waals surface area contributed by atoms with Crippen LogP contribution in [0.2, 0.25) is 0 Å². The number of nitrogens with zero attached hydrogens (tertiary/aromatic N) is 1. The maximum Gasteiger partial charge on any atom is 0.408 e. The van der Waals surface area contributed by atoms with Crippen LogP contribution in [0.3, 0.4) is 0 Å². The van der Waals surface area contributed by atoms with Crippen LogP contribution in [-0.2, 0) is 14.3 Å². The molecule has 0 aliphatic rings. The molecule has 2 rings (SSSR count). The lowest BCUT2D eigenvalue weighted by molar-refractivity contribution is -0.140. The number of nitrogens with one attached hydrogen (secondary N) is 2. The topological polar surface area (TPSA) is 87.7 Å². The van der Waals surface area contributed by atoms with E-state index in [1.165, 1.54) is 4.90 Å². The molecule has 204 valence electrons. The van der Waals surface area contributed by atoms with Crippen molar-refractivity contribution in [3.05, 3.63) is 64.7 Å². The second-order valence-electron chi connectivity index (χ2n) is 10.8. The van der Waals surface area contributed by atoms with Crippen LogP contribution in [-0.4, -0.2) is 41.0 Å². The molecule has 7 heteroatoms. The van der Waals surface area contributed by atoms with Crippen LogP contribution in [0.5, 0.6) is 0 Å². The predicted octanol–water partition coefficient (Wildman–Crippen LogP) is 5.75. The molecule has 0 saturated heterocycles. The molecule has 0 heterocycles. The highest BCUT2D eigenvalue weighted by Gasteiger charge is 2.37. The summed E-state index contributed by atoms with van der Waals surface area (Å²) in [4.78, 5) is 42.1. The zero-order chi connectivity index (χ0) is 28.6. The van der Waals surface area contributed by atoms with E-state index < -0.39 is 23.8 Å². The van der Waals surface area contributed by atoms with Crippen molar-refractivity contribution in [3.8, 4) is 12.3 Å². The summed E-state index contributed by atoms with van der Waals surface area (Å²) < 4.78 is 5.42. The number of amides is 3. The molecule has 2 unspecified atom stereocenters. The van der Waals surface area contributed by atoms with Gasteiger partial charge in [-0.05, 0) is 76.6 Å². The van der Waals surface area contributed by atoms with Gasteiger partial charge in [0.2, 0.25) is 5.91 Å². The standard InChI is InChI=1S/C31H41N3O4/c1-10-23-17-12-13-18-24(23)27(28(35)33-26-21(5)15-14-16-22(26)6)34(11-2)29(36)25(19-20(3)4)32-30(37)38-31(7,8)9/h1,12-18,20,25,27H,11,19H2,2-9H3,(H,32,37)(H,33,35). The van der Waals surface area contributed by atoms with Crippen LogP contribution in [0.15, 0.2) is 42.5 Å². The van der Waals surface area contributed by atoms with Gasteiger partial charge in [0.25, 0.3) is 5.91 Å². The summed E-state index contributed by atoms with van der Waals surface area (Å²) in [7, 11) is 0. The Balaban J connectivity index is 2.56. The van der Waals surface area contributed by atoms with E-state index in [2.05, 4.69) is 16.6 Å².